The lowest BCUT2D eigenvalue weighted by Crippen LogP contribution is -2.44. The Morgan fingerprint density at radius 3 is 2.62 bits per heavy atom. The third kappa shape index (κ3) is 2.68. The fourth-order valence-corrected chi connectivity index (χ4v) is 5.11. The summed E-state index contributed by atoms with van der Waals surface area (Å²) < 4.78 is 28.9. The van der Waals surface area contributed by atoms with Gasteiger partial charge in [-0.3, -0.25) is 4.79 Å². The van der Waals surface area contributed by atoms with Gasteiger partial charge in [0, 0.05) is 18.6 Å². The molecule has 114 valence electrons. The Labute approximate surface area is 124 Å². The molecule has 21 heavy (non-hydrogen) atoms. The van der Waals surface area contributed by atoms with Gasteiger partial charge >= 0.3 is 5.97 Å². The minimum absolute atomic E-state index is 0.177. The molecule has 2 aliphatic rings. The molecule has 0 radical (unpaired) electrons. The van der Waals surface area contributed by atoms with Crippen molar-refractivity contribution in [2.45, 2.75) is 37.9 Å². The molecular formula is C14H18N2O4S. The van der Waals surface area contributed by atoms with Crippen molar-refractivity contribution in [1.29, 1.82) is 0 Å². The second kappa shape index (κ2) is 5.40. The number of carboxylic acid groups (broad SMARTS) is 1. The second-order valence-electron chi connectivity index (χ2n) is 5.62. The van der Waals surface area contributed by atoms with Crippen LogP contribution in [0.4, 0.5) is 0 Å². The smallest absolute Gasteiger partial charge is 0.308 e. The Balaban J connectivity index is 1.72. The summed E-state index contributed by atoms with van der Waals surface area (Å²) in [5.74, 6) is -1.47. The number of hydrogen-bond donors (Lipinski definition) is 2. The zero-order chi connectivity index (χ0) is 15.0. The van der Waals surface area contributed by atoms with Crippen LogP contribution in [0.1, 0.15) is 24.8 Å². The summed E-state index contributed by atoms with van der Waals surface area (Å²) in [4.78, 5) is 11.2. The highest BCUT2D eigenvalue weighted by molar-refractivity contribution is 7.87. The molecular weight excluding hydrogens is 292 g/mol. The van der Waals surface area contributed by atoms with Crippen molar-refractivity contribution in [3.8, 4) is 0 Å². The number of carboxylic acids is 1. The predicted molar refractivity (Wildman–Crippen MR) is 76.6 cm³/mol. The molecule has 2 N–H and O–H groups in total. The van der Waals surface area contributed by atoms with E-state index in [9.17, 15) is 18.3 Å². The molecule has 7 heteroatoms. The summed E-state index contributed by atoms with van der Waals surface area (Å²) in [5.41, 5.74) is 0.877. The van der Waals surface area contributed by atoms with Crippen molar-refractivity contribution >= 4 is 16.2 Å². The topological polar surface area (TPSA) is 86.7 Å². The molecule has 0 amide bonds. The molecule has 3 rings (SSSR count). The van der Waals surface area contributed by atoms with Gasteiger partial charge in [0.05, 0.1) is 5.92 Å². The van der Waals surface area contributed by atoms with Gasteiger partial charge in [-0.25, -0.2) is 0 Å². The lowest BCUT2D eigenvalue weighted by molar-refractivity contribution is -0.142. The molecule has 0 aliphatic carbocycles. The largest absolute Gasteiger partial charge is 0.481 e. The van der Waals surface area contributed by atoms with Crippen molar-refractivity contribution < 1.29 is 18.3 Å². The minimum atomic E-state index is -3.64. The van der Waals surface area contributed by atoms with Crippen LogP contribution in [0.15, 0.2) is 30.3 Å². The molecule has 6 nitrogen and oxygen atoms in total. The fraction of sp³-hybridized carbons (Fsp3) is 0.500. The Kier molecular flexibility index (Phi) is 3.73. The zero-order valence-corrected chi connectivity index (χ0v) is 12.3. The van der Waals surface area contributed by atoms with Gasteiger partial charge in [-0.15, -0.1) is 0 Å². The first-order valence-electron chi connectivity index (χ1n) is 7.04. The summed E-state index contributed by atoms with van der Waals surface area (Å²) >= 11 is 0. The average Bonchev–Trinajstić information content (AvgIpc) is 3.05. The van der Waals surface area contributed by atoms with Gasteiger partial charge in [0.25, 0.3) is 10.2 Å². The van der Waals surface area contributed by atoms with E-state index in [1.54, 1.807) is 0 Å². The van der Waals surface area contributed by atoms with E-state index >= 15 is 0 Å². The van der Waals surface area contributed by atoms with Gasteiger partial charge in [0.2, 0.25) is 0 Å². The van der Waals surface area contributed by atoms with Crippen molar-refractivity contribution in [3.63, 3.8) is 0 Å². The first-order valence-corrected chi connectivity index (χ1v) is 8.48. The molecule has 2 heterocycles. The van der Waals surface area contributed by atoms with Crippen LogP contribution in [-0.4, -0.2) is 35.9 Å². The van der Waals surface area contributed by atoms with Crippen LogP contribution in [0, 0.1) is 5.92 Å². The van der Waals surface area contributed by atoms with E-state index in [0.717, 1.165) is 12.0 Å². The van der Waals surface area contributed by atoms with Gasteiger partial charge in [-0.2, -0.15) is 17.4 Å². The molecule has 3 unspecified atom stereocenters. The summed E-state index contributed by atoms with van der Waals surface area (Å²) in [5, 5.41) is 9.18. The number of rotatable bonds is 5. The van der Waals surface area contributed by atoms with Crippen LogP contribution in [0.2, 0.25) is 0 Å². The lowest BCUT2D eigenvalue weighted by Gasteiger charge is -2.22. The van der Waals surface area contributed by atoms with Crippen LogP contribution in [0.25, 0.3) is 0 Å². The van der Waals surface area contributed by atoms with Gasteiger partial charge in [0.1, 0.15) is 0 Å². The standard InChI is InChI=1S/C14H18N2O4S/c17-14(18)12-8-11-6-7-13(12)16(11)21(19,20)15-9-10-4-2-1-3-5-10/h1-5,11-13,15H,6-9H2,(H,17,18). The molecule has 1 aromatic carbocycles. The molecule has 0 aromatic heterocycles. The van der Waals surface area contributed by atoms with Gasteiger partial charge in [0.15, 0.2) is 0 Å². The molecule has 1 aromatic rings. The first-order chi connectivity index (χ1) is 9.99. The van der Waals surface area contributed by atoms with E-state index in [1.807, 2.05) is 30.3 Å². The van der Waals surface area contributed by atoms with Crippen molar-refractivity contribution in [1.82, 2.24) is 9.03 Å². The van der Waals surface area contributed by atoms with E-state index in [0.29, 0.717) is 12.8 Å². The van der Waals surface area contributed by atoms with Crippen LogP contribution in [0.5, 0.6) is 0 Å². The maximum absolute atomic E-state index is 12.5. The SMILES string of the molecule is O=C(O)C1CC2CCC1N2S(=O)(=O)NCc1ccccc1. The highest BCUT2D eigenvalue weighted by Gasteiger charge is 2.54. The summed E-state index contributed by atoms with van der Waals surface area (Å²) in [6, 6.07) is 8.69. The zero-order valence-electron chi connectivity index (χ0n) is 11.5. The molecule has 2 saturated heterocycles. The van der Waals surface area contributed by atoms with E-state index in [1.165, 1.54) is 4.31 Å². The number of carbonyl (C=O) groups is 1. The number of fused-ring (bicyclic) bond motifs is 2. The van der Waals surface area contributed by atoms with Gasteiger partial charge < -0.3 is 5.11 Å². The molecule has 0 saturated carbocycles. The summed E-state index contributed by atoms with van der Waals surface area (Å²) in [7, 11) is -3.64. The van der Waals surface area contributed by atoms with Gasteiger partial charge in [-0.05, 0) is 24.8 Å². The number of nitrogens with zero attached hydrogens (tertiary/aromatic N) is 1. The Morgan fingerprint density at radius 1 is 1.29 bits per heavy atom. The average molecular weight is 310 g/mol. The van der Waals surface area contributed by atoms with E-state index in [2.05, 4.69) is 4.72 Å². The highest BCUT2D eigenvalue weighted by atomic mass is 32.2. The Hall–Kier alpha value is -1.44. The lowest BCUT2D eigenvalue weighted by atomic mass is 9.89. The molecule has 0 spiro atoms. The van der Waals surface area contributed by atoms with Crippen LogP contribution in [0.3, 0.4) is 0 Å². The van der Waals surface area contributed by atoms with E-state index in [4.69, 9.17) is 0 Å². The van der Waals surface area contributed by atoms with Crippen molar-refractivity contribution in [3.05, 3.63) is 35.9 Å². The fourth-order valence-electron chi connectivity index (χ4n) is 3.42. The predicted octanol–water partition coefficient (Wildman–Crippen LogP) is 0.958. The molecule has 3 atom stereocenters. The molecule has 2 bridgehead atoms. The quantitative estimate of drug-likeness (QED) is 0.848. The molecule has 2 aliphatic heterocycles. The molecule has 2 fully saturated rings. The third-order valence-corrected chi connectivity index (χ3v) is 6.00. The number of benzene rings is 1. The number of hydrogen-bond acceptors (Lipinski definition) is 3. The number of aliphatic carboxylic acids is 1. The monoisotopic (exact) mass is 310 g/mol. The number of nitrogens with one attached hydrogen (secondary N) is 1. The van der Waals surface area contributed by atoms with Crippen molar-refractivity contribution in [2.24, 2.45) is 5.92 Å². The van der Waals surface area contributed by atoms with E-state index in [-0.39, 0.29) is 12.6 Å². The normalized spacial score (nSPS) is 28.9. The first kappa shape index (κ1) is 14.5. The van der Waals surface area contributed by atoms with Crippen LogP contribution < -0.4 is 4.72 Å². The van der Waals surface area contributed by atoms with Crippen LogP contribution >= 0.6 is 0 Å². The Bertz CT molecular complexity index is 632. The second-order valence-corrected chi connectivity index (χ2v) is 7.28. The minimum Gasteiger partial charge on any atom is -0.481 e. The van der Waals surface area contributed by atoms with Crippen LogP contribution in [-0.2, 0) is 21.5 Å². The Morgan fingerprint density at radius 2 is 2.00 bits per heavy atom. The maximum atomic E-state index is 12.5. The highest BCUT2D eigenvalue weighted by Crippen LogP contribution is 2.43. The summed E-state index contributed by atoms with van der Waals surface area (Å²) in [6.45, 7) is 0.219. The third-order valence-electron chi connectivity index (χ3n) is 4.37. The van der Waals surface area contributed by atoms with Gasteiger partial charge in [-0.1, -0.05) is 30.3 Å². The van der Waals surface area contributed by atoms with E-state index < -0.39 is 28.1 Å². The van der Waals surface area contributed by atoms with Crippen molar-refractivity contribution in [2.75, 3.05) is 0 Å². The summed E-state index contributed by atoms with van der Waals surface area (Å²) in [6.07, 6.45) is 1.81. The maximum Gasteiger partial charge on any atom is 0.308 e.